The first-order valence-corrected chi connectivity index (χ1v) is 10.1. The van der Waals surface area contributed by atoms with Crippen LogP contribution in [0.3, 0.4) is 0 Å². The Morgan fingerprint density at radius 3 is 2.79 bits per heavy atom. The summed E-state index contributed by atoms with van der Waals surface area (Å²) in [5.74, 6) is -0.265. The van der Waals surface area contributed by atoms with Gasteiger partial charge in [-0.15, -0.1) is 0 Å². The van der Waals surface area contributed by atoms with E-state index in [1.165, 1.54) is 5.41 Å². The Hall–Kier alpha value is -2.16. The van der Waals surface area contributed by atoms with E-state index in [4.69, 9.17) is 10.5 Å². The lowest BCUT2D eigenvalue weighted by Gasteiger charge is -2.37. The topological polar surface area (TPSA) is 88.2 Å². The molecule has 1 aromatic rings. The molecule has 0 aromatic heterocycles. The minimum absolute atomic E-state index is 0.0890. The number of nitrogens with zero attached hydrogens (tertiary/aromatic N) is 3. The number of ether oxygens (including phenoxy) is 1. The van der Waals surface area contributed by atoms with Crippen LogP contribution in [0.5, 0.6) is 0 Å². The van der Waals surface area contributed by atoms with Gasteiger partial charge in [-0.2, -0.15) is 4.99 Å². The number of hydrogen-bond acceptors (Lipinski definition) is 5. The lowest BCUT2D eigenvalue weighted by Crippen LogP contribution is -2.46. The molecule has 28 heavy (non-hydrogen) atoms. The van der Waals surface area contributed by atoms with Crippen LogP contribution in [0.25, 0.3) is 0 Å². The Bertz CT molecular complexity index is 730. The highest BCUT2D eigenvalue weighted by Gasteiger charge is 2.27. The van der Waals surface area contributed by atoms with Crippen LogP contribution in [0.1, 0.15) is 24.0 Å². The summed E-state index contributed by atoms with van der Waals surface area (Å²) >= 11 is 1.13. The average molecular weight is 405 g/mol. The molecule has 1 aliphatic heterocycles. The number of rotatable bonds is 8. The molecule has 1 heterocycles. The van der Waals surface area contributed by atoms with E-state index >= 15 is 0 Å². The van der Waals surface area contributed by atoms with Gasteiger partial charge in [-0.05, 0) is 36.8 Å². The second-order valence-corrected chi connectivity index (χ2v) is 7.70. The van der Waals surface area contributed by atoms with Crippen LogP contribution in [-0.2, 0) is 20.9 Å². The molecule has 8 heteroatoms. The van der Waals surface area contributed by atoms with Crippen molar-refractivity contribution in [2.45, 2.75) is 32.4 Å². The second kappa shape index (κ2) is 11.0. The molecule has 2 amide bonds. The van der Waals surface area contributed by atoms with E-state index in [-0.39, 0.29) is 23.7 Å². The summed E-state index contributed by atoms with van der Waals surface area (Å²) in [4.78, 5) is 31.6. The third kappa shape index (κ3) is 6.19. The van der Waals surface area contributed by atoms with Gasteiger partial charge in [0, 0.05) is 37.5 Å². The lowest BCUT2D eigenvalue weighted by atomic mass is 10.0. The van der Waals surface area contributed by atoms with Crippen LogP contribution in [0, 0.1) is 6.92 Å². The zero-order valence-corrected chi connectivity index (χ0v) is 17.3. The van der Waals surface area contributed by atoms with Gasteiger partial charge in [-0.1, -0.05) is 30.5 Å². The van der Waals surface area contributed by atoms with Crippen molar-refractivity contribution in [2.24, 2.45) is 10.7 Å². The number of hydrogen-bond donors (Lipinski definition) is 1. The summed E-state index contributed by atoms with van der Waals surface area (Å²) in [5.41, 5.74) is 8.61. The van der Waals surface area contributed by atoms with E-state index in [2.05, 4.69) is 11.6 Å². The summed E-state index contributed by atoms with van der Waals surface area (Å²) in [7, 11) is 1.65. The largest absolute Gasteiger partial charge is 0.380 e. The highest BCUT2D eigenvalue weighted by Crippen LogP contribution is 2.27. The molecule has 0 bridgehead atoms. The van der Waals surface area contributed by atoms with E-state index in [9.17, 15) is 9.59 Å². The zero-order valence-electron chi connectivity index (χ0n) is 16.5. The maximum atomic E-state index is 12.0. The summed E-state index contributed by atoms with van der Waals surface area (Å²) in [5, 5.41) is 1.74. The van der Waals surface area contributed by atoms with Crippen molar-refractivity contribution in [3.05, 3.63) is 41.3 Å². The second-order valence-electron chi connectivity index (χ2n) is 6.71. The zero-order chi connectivity index (χ0) is 20.5. The van der Waals surface area contributed by atoms with E-state index in [0.29, 0.717) is 6.61 Å². The molecule has 1 fully saturated rings. The standard InChI is InChI=1S/C20H28N4O3S/c1-4-28-20(21)22-19(26)12-23-9-7-17(8-10-23)24(14-25)18-11-15(2)5-6-16(18)13-27-3/h4-6,11,14,17H,1,7-10,12-13H2,2-3H3,(H2,21,22,26). The van der Waals surface area contributed by atoms with E-state index in [1.807, 2.05) is 30.0 Å². The predicted molar refractivity (Wildman–Crippen MR) is 114 cm³/mol. The van der Waals surface area contributed by atoms with Crippen LogP contribution in [-0.4, -0.2) is 55.2 Å². The number of amidine groups is 1. The van der Waals surface area contributed by atoms with Gasteiger partial charge in [0.05, 0.1) is 13.2 Å². The molecule has 1 aromatic carbocycles. The molecule has 1 aliphatic rings. The molecule has 152 valence electrons. The van der Waals surface area contributed by atoms with Gasteiger partial charge in [0.15, 0.2) is 5.17 Å². The van der Waals surface area contributed by atoms with Gasteiger partial charge in [0.2, 0.25) is 6.41 Å². The third-order valence-corrected chi connectivity index (χ3v) is 5.18. The summed E-state index contributed by atoms with van der Waals surface area (Å²) in [6.07, 6.45) is 2.47. The number of anilines is 1. The minimum Gasteiger partial charge on any atom is -0.380 e. The highest BCUT2D eigenvalue weighted by molar-refractivity contribution is 8.16. The molecule has 7 nitrogen and oxygen atoms in total. The lowest BCUT2D eigenvalue weighted by molar-refractivity contribution is -0.119. The first kappa shape index (κ1) is 22.1. The van der Waals surface area contributed by atoms with Gasteiger partial charge in [-0.25, -0.2) is 0 Å². The fourth-order valence-corrected chi connectivity index (χ4v) is 3.67. The van der Waals surface area contributed by atoms with Crippen molar-refractivity contribution in [3.8, 4) is 0 Å². The Kier molecular flexibility index (Phi) is 8.69. The summed E-state index contributed by atoms with van der Waals surface area (Å²) < 4.78 is 5.28. The predicted octanol–water partition coefficient (Wildman–Crippen LogP) is 2.29. The molecule has 0 spiro atoms. The van der Waals surface area contributed by atoms with Gasteiger partial charge in [0.25, 0.3) is 5.91 Å². The number of methoxy groups -OCH3 is 1. The third-order valence-electron chi connectivity index (χ3n) is 4.68. The normalized spacial score (nSPS) is 16.0. The Morgan fingerprint density at radius 1 is 1.46 bits per heavy atom. The fourth-order valence-electron chi connectivity index (χ4n) is 3.35. The van der Waals surface area contributed by atoms with Crippen LogP contribution < -0.4 is 10.6 Å². The fraction of sp³-hybridized carbons (Fsp3) is 0.450. The van der Waals surface area contributed by atoms with E-state index in [1.54, 1.807) is 12.0 Å². The number of carbonyl (C=O) groups excluding carboxylic acids is 2. The number of piperidine rings is 1. The quantitative estimate of drug-likeness (QED) is 0.406. The summed E-state index contributed by atoms with van der Waals surface area (Å²) in [6, 6.07) is 6.13. The van der Waals surface area contributed by atoms with Crippen molar-refractivity contribution >= 4 is 34.9 Å². The van der Waals surface area contributed by atoms with Crippen molar-refractivity contribution in [3.63, 3.8) is 0 Å². The van der Waals surface area contributed by atoms with Crippen molar-refractivity contribution in [1.82, 2.24) is 4.90 Å². The van der Waals surface area contributed by atoms with Gasteiger partial charge in [-0.3, -0.25) is 14.5 Å². The number of nitrogens with two attached hydrogens (primary N) is 1. The molecular formula is C20H28N4O3S. The molecule has 1 saturated heterocycles. The Labute approximate surface area is 170 Å². The first-order chi connectivity index (χ1) is 13.5. The van der Waals surface area contributed by atoms with Crippen LogP contribution in [0.15, 0.2) is 35.2 Å². The maximum Gasteiger partial charge on any atom is 0.262 e. The molecule has 0 unspecified atom stereocenters. The highest BCUT2D eigenvalue weighted by atomic mass is 32.2. The number of aryl methyl sites for hydroxylation is 1. The molecular weight excluding hydrogens is 376 g/mol. The molecule has 2 rings (SSSR count). The summed E-state index contributed by atoms with van der Waals surface area (Å²) in [6.45, 7) is 7.67. The van der Waals surface area contributed by atoms with Crippen molar-refractivity contribution in [2.75, 3.05) is 31.6 Å². The van der Waals surface area contributed by atoms with E-state index < -0.39 is 0 Å². The average Bonchev–Trinajstić information content (AvgIpc) is 2.66. The minimum atomic E-state index is -0.265. The van der Waals surface area contributed by atoms with Gasteiger partial charge >= 0.3 is 0 Å². The van der Waals surface area contributed by atoms with Gasteiger partial charge < -0.3 is 15.4 Å². The number of likely N-dealkylation sites (tertiary alicyclic amines) is 1. The van der Waals surface area contributed by atoms with Crippen LogP contribution in [0.4, 0.5) is 5.69 Å². The van der Waals surface area contributed by atoms with Crippen LogP contribution >= 0.6 is 11.8 Å². The number of carbonyl (C=O) groups is 2. The van der Waals surface area contributed by atoms with E-state index in [0.717, 1.165) is 60.9 Å². The van der Waals surface area contributed by atoms with Crippen molar-refractivity contribution in [1.29, 1.82) is 0 Å². The molecule has 0 atom stereocenters. The Morgan fingerprint density at radius 2 is 2.18 bits per heavy atom. The number of amides is 2. The molecule has 2 N–H and O–H groups in total. The maximum absolute atomic E-state index is 12.0. The van der Waals surface area contributed by atoms with Gasteiger partial charge in [0.1, 0.15) is 0 Å². The van der Waals surface area contributed by atoms with Crippen molar-refractivity contribution < 1.29 is 14.3 Å². The first-order valence-electron chi connectivity index (χ1n) is 9.17. The molecule has 0 aliphatic carbocycles. The molecule has 0 radical (unpaired) electrons. The monoisotopic (exact) mass is 404 g/mol. The number of thioether (sulfide) groups is 1. The number of benzene rings is 1. The Balaban J connectivity index is 2.00. The SMILES string of the molecule is C=CSC(N)=NC(=O)CN1CCC(N(C=O)c2cc(C)ccc2COC)CC1. The van der Waals surface area contributed by atoms with Crippen LogP contribution in [0.2, 0.25) is 0 Å². The number of aliphatic imine (C=N–C) groups is 1. The smallest absolute Gasteiger partial charge is 0.262 e. The molecule has 0 saturated carbocycles.